The minimum atomic E-state index is -3.66. The van der Waals surface area contributed by atoms with Crippen molar-refractivity contribution in [1.82, 2.24) is 4.98 Å². The third-order valence-electron chi connectivity index (χ3n) is 3.17. The largest absolute Gasteiger partial charge is 0.453 e. The van der Waals surface area contributed by atoms with Gasteiger partial charge in [0.15, 0.2) is 0 Å². The number of nitrogens with two attached hydrogens (primary N) is 1. The molecule has 0 spiro atoms. The van der Waals surface area contributed by atoms with Gasteiger partial charge >= 0.3 is 6.09 Å². The van der Waals surface area contributed by atoms with Gasteiger partial charge in [-0.25, -0.2) is 23.3 Å². The number of nitrogens with zero attached hydrogens (tertiary/aromatic N) is 1. The summed E-state index contributed by atoms with van der Waals surface area (Å²) in [7, 11) is -2.38. The summed E-state index contributed by atoms with van der Waals surface area (Å²) in [6.07, 6.45) is 1.72. The van der Waals surface area contributed by atoms with E-state index in [1.165, 1.54) is 19.2 Å². The third kappa shape index (κ3) is 5.21. The van der Waals surface area contributed by atoms with Crippen LogP contribution in [0.4, 0.5) is 16.3 Å². The number of nitrogens with one attached hydrogen (secondary N) is 2. The standard InChI is InChI=1S/C15H18N4O4S/c1-23-15(20)19-14-7-4-12(10-18-14)17-9-8-11-2-5-13(6-3-11)24(16,21)22/h2-7,10,17H,8-9H2,1H3,(H2,16,21,22)(H,18,19,20). The van der Waals surface area contributed by atoms with Gasteiger partial charge in [-0.3, -0.25) is 5.32 Å². The number of hydrogen-bond donors (Lipinski definition) is 3. The Morgan fingerprint density at radius 1 is 1.21 bits per heavy atom. The summed E-state index contributed by atoms with van der Waals surface area (Å²) in [5.41, 5.74) is 1.78. The summed E-state index contributed by atoms with van der Waals surface area (Å²) in [6.45, 7) is 0.639. The molecule has 1 amide bonds. The van der Waals surface area contributed by atoms with E-state index in [0.717, 1.165) is 11.3 Å². The second-order valence-corrected chi connectivity index (χ2v) is 6.48. The number of hydrogen-bond acceptors (Lipinski definition) is 6. The third-order valence-corrected chi connectivity index (χ3v) is 4.10. The second-order valence-electron chi connectivity index (χ2n) is 4.91. The number of ether oxygens (including phenoxy) is 1. The van der Waals surface area contributed by atoms with Crippen LogP contribution >= 0.6 is 0 Å². The maximum Gasteiger partial charge on any atom is 0.412 e. The lowest BCUT2D eigenvalue weighted by molar-refractivity contribution is 0.187. The van der Waals surface area contributed by atoms with Gasteiger partial charge in [0, 0.05) is 6.54 Å². The molecule has 1 aromatic heterocycles. The topological polar surface area (TPSA) is 123 Å². The summed E-state index contributed by atoms with van der Waals surface area (Å²) in [5.74, 6) is 0.394. The highest BCUT2D eigenvalue weighted by Gasteiger charge is 2.06. The molecule has 0 saturated heterocycles. The molecule has 2 aromatic rings. The van der Waals surface area contributed by atoms with E-state index in [1.807, 2.05) is 0 Å². The summed E-state index contributed by atoms with van der Waals surface area (Å²) in [5, 5.41) is 10.7. The molecule has 9 heteroatoms. The number of benzene rings is 1. The van der Waals surface area contributed by atoms with Crippen molar-refractivity contribution in [2.45, 2.75) is 11.3 Å². The lowest BCUT2D eigenvalue weighted by atomic mass is 10.1. The smallest absolute Gasteiger partial charge is 0.412 e. The first-order valence-corrected chi connectivity index (χ1v) is 8.60. The number of pyridine rings is 1. The minimum absolute atomic E-state index is 0.0945. The lowest BCUT2D eigenvalue weighted by Gasteiger charge is -2.08. The molecular formula is C15H18N4O4S. The Hall–Kier alpha value is -2.65. The fraction of sp³-hybridized carbons (Fsp3) is 0.200. The van der Waals surface area contributed by atoms with E-state index in [1.54, 1.807) is 30.5 Å². The van der Waals surface area contributed by atoms with E-state index in [-0.39, 0.29) is 4.90 Å². The number of primary sulfonamides is 1. The van der Waals surface area contributed by atoms with Crippen molar-refractivity contribution >= 4 is 27.6 Å². The van der Waals surface area contributed by atoms with Crippen LogP contribution in [0.1, 0.15) is 5.56 Å². The Bertz CT molecular complexity index is 789. The van der Waals surface area contributed by atoms with Crippen LogP contribution in [-0.2, 0) is 21.2 Å². The van der Waals surface area contributed by atoms with E-state index in [4.69, 9.17) is 5.14 Å². The Balaban J connectivity index is 1.84. The molecule has 0 aliphatic rings. The van der Waals surface area contributed by atoms with Crippen molar-refractivity contribution in [2.24, 2.45) is 5.14 Å². The molecule has 0 atom stereocenters. The molecule has 0 fully saturated rings. The minimum Gasteiger partial charge on any atom is -0.453 e. The average molecular weight is 350 g/mol. The first-order chi connectivity index (χ1) is 11.4. The van der Waals surface area contributed by atoms with Gasteiger partial charge in [-0.2, -0.15) is 0 Å². The van der Waals surface area contributed by atoms with E-state index >= 15 is 0 Å². The summed E-state index contributed by atoms with van der Waals surface area (Å²) in [6, 6.07) is 9.85. The number of methoxy groups -OCH3 is 1. The molecule has 4 N–H and O–H groups in total. The van der Waals surface area contributed by atoms with Crippen molar-refractivity contribution in [3.63, 3.8) is 0 Å². The van der Waals surface area contributed by atoms with Gasteiger partial charge in [-0.15, -0.1) is 0 Å². The van der Waals surface area contributed by atoms with Crippen LogP contribution in [-0.4, -0.2) is 33.1 Å². The molecule has 128 valence electrons. The maximum absolute atomic E-state index is 11.2. The highest BCUT2D eigenvalue weighted by Crippen LogP contribution is 2.12. The SMILES string of the molecule is COC(=O)Nc1ccc(NCCc2ccc(S(N)(=O)=O)cc2)cn1. The molecule has 0 aliphatic heterocycles. The van der Waals surface area contributed by atoms with Gasteiger partial charge < -0.3 is 10.1 Å². The van der Waals surface area contributed by atoms with E-state index in [9.17, 15) is 13.2 Å². The Kier molecular flexibility index (Phi) is 5.72. The van der Waals surface area contributed by atoms with Gasteiger partial charge in [-0.1, -0.05) is 12.1 Å². The molecule has 1 heterocycles. The Morgan fingerprint density at radius 3 is 2.46 bits per heavy atom. The summed E-state index contributed by atoms with van der Waals surface area (Å²) >= 11 is 0. The second kappa shape index (κ2) is 7.75. The van der Waals surface area contributed by atoms with Crippen LogP contribution in [0.3, 0.4) is 0 Å². The number of amides is 1. The van der Waals surface area contributed by atoms with Crippen molar-refractivity contribution in [2.75, 3.05) is 24.3 Å². The number of carbonyl (C=O) groups is 1. The molecule has 0 unspecified atom stereocenters. The van der Waals surface area contributed by atoms with E-state index < -0.39 is 16.1 Å². The number of anilines is 2. The first kappa shape index (κ1) is 17.7. The highest BCUT2D eigenvalue weighted by atomic mass is 32.2. The van der Waals surface area contributed by atoms with Crippen LogP contribution in [0.2, 0.25) is 0 Å². The summed E-state index contributed by atoms with van der Waals surface area (Å²) < 4.78 is 26.8. The van der Waals surface area contributed by atoms with Crippen molar-refractivity contribution in [1.29, 1.82) is 0 Å². The molecule has 1 aromatic carbocycles. The predicted molar refractivity (Wildman–Crippen MR) is 90.3 cm³/mol. The van der Waals surface area contributed by atoms with Crippen LogP contribution in [0.5, 0.6) is 0 Å². The quantitative estimate of drug-likeness (QED) is 0.726. The molecule has 24 heavy (non-hydrogen) atoms. The van der Waals surface area contributed by atoms with Gasteiger partial charge in [0.25, 0.3) is 0 Å². The Morgan fingerprint density at radius 2 is 1.92 bits per heavy atom. The van der Waals surface area contributed by atoms with Crippen LogP contribution in [0.25, 0.3) is 0 Å². The summed E-state index contributed by atoms with van der Waals surface area (Å²) in [4.78, 5) is 15.2. The monoisotopic (exact) mass is 350 g/mol. The van der Waals surface area contributed by atoms with Gasteiger partial charge in [-0.05, 0) is 36.2 Å². The van der Waals surface area contributed by atoms with E-state index in [2.05, 4.69) is 20.4 Å². The predicted octanol–water partition coefficient (Wildman–Crippen LogP) is 1.56. The number of carbonyl (C=O) groups excluding carboxylic acids is 1. The van der Waals surface area contributed by atoms with Crippen LogP contribution in [0, 0.1) is 0 Å². The van der Waals surface area contributed by atoms with Crippen molar-refractivity contribution in [3.8, 4) is 0 Å². The van der Waals surface area contributed by atoms with Crippen LogP contribution < -0.4 is 15.8 Å². The zero-order valence-electron chi connectivity index (χ0n) is 13.0. The zero-order valence-corrected chi connectivity index (χ0v) is 13.8. The molecular weight excluding hydrogens is 332 g/mol. The molecule has 0 aliphatic carbocycles. The number of rotatable bonds is 6. The van der Waals surface area contributed by atoms with Gasteiger partial charge in [0.05, 0.1) is 23.9 Å². The van der Waals surface area contributed by atoms with Crippen molar-refractivity contribution < 1.29 is 17.9 Å². The maximum atomic E-state index is 11.2. The van der Waals surface area contributed by atoms with Crippen molar-refractivity contribution in [3.05, 3.63) is 48.2 Å². The van der Waals surface area contributed by atoms with E-state index in [0.29, 0.717) is 18.8 Å². The first-order valence-electron chi connectivity index (χ1n) is 7.05. The lowest BCUT2D eigenvalue weighted by Crippen LogP contribution is -2.12. The average Bonchev–Trinajstić information content (AvgIpc) is 2.56. The fourth-order valence-corrected chi connectivity index (χ4v) is 2.44. The molecule has 0 bridgehead atoms. The fourth-order valence-electron chi connectivity index (χ4n) is 1.92. The van der Waals surface area contributed by atoms with Gasteiger partial charge in [0.1, 0.15) is 5.82 Å². The molecule has 8 nitrogen and oxygen atoms in total. The van der Waals surface area contributed by atoms with Crippen LogP contribution in [0.15, 0.2) is 47.5 Å². The number of aromatic nitrogens is 1. The highest BCUT2D eigenvalue weighted by molar-refractivity contribution is 7.89. The molecule has 0 radical (unpaired) electrons. The Labute approximate surface area is 140 Å². The molecule has 0 saturated carbocycles. The molecule has 2 rings (SSSR count). The van der Waals surface area contributed by atoms with Gasteiger partial charge in [0.2, 0.25) is 10.0 Å². The number of sulfonamides is 1. The zero-order chi connectivity index (χ0) is 17.6. The normalized spacial score (nSPS) is 10.9.